The van der Waals surface area contributed by atoms with E-state index in [1.807, 2.05) is 17.9 Å². The summed E-state index contributed by atoms with van der Waals surface area (Å²) in [7, 11) is 0. The highest BCUT2D eigenvalue weighted by Crippen LogP contribution is 2.31. The first-order valence-electron chi connectivity index (χ1n) is 9.03. The maximum atomic E-state index is 12.5. The lowest BCUT2D eigenvalue weighted by atomic mass is 10.1. The molecule has 0 unspecified atom stereocenters. The molecule has 0 radical (unpaired) electrons. The molecule has 1 amide bonds. The number of benzene rings is 1. The van der Waals surface area contributed by atoms with E-state index < -0.39 is 10.8 Å². The van der Waals surface area contributed by atoms with Gasteiger partial charge < -0.3 is 10.2 Å². The van der Waals surface area contributed by atoms with Gasteiger partial charge in [0.1, 0.15) is 11.5 Å². The molecule has 1 aromatic carbocycles. The van der Waals surface area contributed by atoms with E-state index in [1.165, 1.54) is 6.07 Å². The van der Waals surface area contributed by atoms with Gasteiger partial charge >= 0.3 is 0 Å². The second-order valence-corrected chi connectivity index (χ2v) is 6.99. The molecule has 0 atom stereocenters. The molecule has 1 aromatic heterocycles. The van der Waals surface area contributed by atoms with E-state index in [4.69, 9.17) is 12.2 Å². The zero-order chi connectivity index (χ0) is 20.1. The number of aromatic nitrogens is 1. The molecule has 0 spiro atoms. The molecule has 1 aliphatic rings. The van der Waals surface area contributed by atoms with Crippen LogP contribution in [0.1, 0.15) is 35.2 Å². The summed E-state index contributed by atoms with van der Waals surface area (Å²) in [6.45, 7) is 3.43. The largest absolute Gasteiger partial charge is 0.366 e. The summed E-state index contributed by atoms with van der Waals surface area (Å²) >= 11 is 5.16. The summed E-state index contributed by atoms with van der Waals surface area (Å²) in [4.78, 5) is 29.7. The second-order valence-electron chi connectivity index (χ2n) is 6.59. The summed E-state index contributed by atoms with van der Waals surface area (Å²) in [6, 6.07) is 8.18. The van der Waals surface area contributed by atoms with Crippen LogP contribution in [0.4, 0.5) is 17.2 Å². The van der Waals surface area contributed by atoms with Gasteiger partial charge in [0.05, 0.1) is 4.92 Å². The first kappa shape index (κ1) is 19.7. The minimum atomic E-state index is -0.514. The normalized spacial score (nSPS) is 13.7. The number of nitro groups is 1. The van der Waals surface area contributed by atoms with Crippen LogP contribution in [-0.2, 0) is 0 Å². The Morgan fingerprint density at radius 2 is 2.00 bits per heavy atom. The Kier molecular flexibility index (Phi) is 6.15. The Morgan fingerprint density at radius 3 is 2.68 bits per heavy atom. The molecule has 2 N–H and O–H groups in total. The molecule has 2 aromatic rings. The Morgan fingerprint density at radius 1 is 1.25 bits per heavy atom. The highest BCUT2D eigenvalue weighted by Gasteiger charge is 2.23. The van der Waals surface area contributed by atoms with Crippen LogP contribution in [0.5, 0.6) is 0 Å². The van der Waals surface area contributed by atoms with Crippen LogP contribution in [-0.4, -0.2) is 34.0 Å². The number of amides is 1. The van der Waals surface area contributed by atoms with Crippen LogP contribution in [0.25, 0.3) is 0 Å². The number of aryl methyl sites for hydroxylation is 1. The number of carbonyl (C=O) groups is 1. The maximum absolute atomic E-state index is 12.5. The van der Waals surface area contributed by atoms with Crippen molar-refractivity contribution >= 4 is 40.4 Å². The number of nitrogens with zero attached hydrogens (tertiary/aromatic N) is 3. The fourth-order valence-electron chi connectivity index (χ4n) is 3.14. The molecule has 1 fully saturated rings. The smallest absolute Gasteiger partial charge is 0.293 e. The fraction of sp³-hybridized carbons (Fsp3) is 0.316. The lowest BCUT2D eigenvalue weighted by molar-refractivity contribution is -0.384. The van der Waals surface area contributed by atoms with Crippen LogP contribution in [0.3, 0.4) is 0 Å². The average molecular weight is 399 g/mol. The Balaban J connectivity index is 1.74. The van der Waals surface area contributed by atoms with E-state index in [9.17, 15) is 14.9 Å². The molecule has 0 bridgehead atoms. The highest BCUT2D eigenvalue weighted by molar-refractivity contribution is 7.80. The molecule has 28 heavy (non-hydrogen) atoms. The number of nitro benzene ring substituents is 1. The number of thiocarbonyl (C=S) groups is 1. The van der Waals surface area contributed by atoms with Gasteiger partial charge in [-0.25, -0.2) is 4.98 Å². The van der Waals surface area contributed by atoms with Gasteiger partial charge in [-0.1, -0.05) is 6.07 Å². The van der Waals surface area contributed by atoms with Crippen molar-refractivity contribution in [1.82, 2.24) is 10.3 Å². The van der Waals surface area contributed by atoms with Crippen molar-refractivity contribution in [3.63, 3.8) is 0 Å². The van der Waals surface area contributed by atoms with E-state index >= 15 is 0 Å². The van der Waals surface area contributed by atoms with Crippen LogP contribution >= 0.6 is 12.2 Å². The van der Waals surface area contributed by atoms with Crippen LogP contribution in [0, 0.1) is 17.0 Å². The molecule has 2 heterocycles. The summed E-state index contributed by atoms with van der Waals surface area (Å²) in [5.41, 5.74) is 1.52. The minimum absolute atomic E-state index is 0.0750. The van der Waals surface area contributed by atoms with Gasteiger partial charge in [-0.15, -0.1) is 0 Å². The van der Waals surface area contributed by atoms with Gasteiger partial charge in [0.2, 0.25) is 0 Å². The lowest BCUT2D eigenvalue weighted by Crippen LogP contribution is -2.34. The van der Waals surface area contributed by atoms with Crippen molar-refractivity contribution < 1.29 is 9.72 Å². The highest BCUT2D eigenvalue weighted by atomic mass is 32.1. The molecule has 0 aliphatic carbocycles. The zero-order valence-electron chi connectivity index (χ0n) is 15.5. The Labute approximate surface area is 168 Å². The van der Waals surface area contributed by atoms with Crippen molar-refractivity contribution in [3.8, 4) is 0 Å². The standard InChI is InChI=1S/C19H21N5O3S/c1-13-6-5-9-20-17(13)21-19(28)22-18(25)14-7-8-15(16(12-14)24(26)27)23-10-3-2-4-11-23/h5-9,12H,2-4,10-11H2,1H3,(H2,20,21,22,25,28). The van der Waals surface area contributed by atoms with Gasteiger partial charge in [0.15, 0.2) is 5.11 Å². The molecule has 0 saturated carbocycles. The Hall–Kier alpha value is -3.07. The summed E-state index contributed by atoms with van der Waals surface area (Å²) < 4.78 is 0. The number of carbonyl (C=O) groups excluding carboxylic acids is 1. The van der Waals surface area contributed by atoms with Gasteiger partial charge in [-0.2, -0.15) is 0 Å². The average Bonchev–Trinajstić information content (AvgIpc) is 2.70. The number of piperidine rings is 1. The molecular weight excluding hydrogens is 378 g/mol. The predicted octanol–water partition coefficient (Wildman–Crippen LogP) is 3.42. The summed E-state index contributed by atoms with van der Waals surface area (Å²) in [5.74, 6) is 0.0265. The van der Waals surface area contributed by atoms with Gasteiger partial charge in [0.25, 0.3) is 11.6 Å². The van der Waals surface area contributed by atoms with Gasteiger partial charge in [-0.3, -0.25) is 20.2 Å². The van der Waals surface area contributed by atoms with E-state index in [2.05, 4.69) is 15.6 Å². The van der Waals surface area contributed by atoms with Crippen molar-refractivity contribution in [3.05, 3.63) is 57.8 Å². The van der Waals surface area contributed by atoms with Gasteiger partial charge in [0, 0.05) is 30.9 Å². The molecule has 9 heteroatoms. The molecule has 146 valence electrons. The maximum Gasteiger partial charge on any atom is 0.293 e. The number of pyridine rings is 1. The molecular formula is C19H21N5O3S. The molecule has 3 rings (SSSR count). The number of anilines is 2. The SMILES string of the molecule is Cc1cccnc1NC(=S)NC(=O)c1ccc(N2CCCCC2)c([N+](=O)[O-])c1. The number of nitrogens with one attached hydrogen (secondary N) is 2. The predicted molar refractivity (Wildman–Crippen MR) is 112 cm³/mol. The zero-order valence-corrected chi connectivity index (χ0v) is 16.3. The third kappa shape index (κ3) is 4.61. The minimum Gasteiger partial charge on any atom is -0.366 e. The quantitative estimate of drug-likeness (QED) is 0.461. The van der Waals surface area contributed by atoms with Crippen molar-refractivity contribution in [1.29, 1.82) is 0 Å². The van der Waals surface area contributed by atoms with E-state index in [-0.39, 0.29) is 16.4 Å². The second kappa shape index (κ2) is 8.75. The monoisotopic (exact) mass is 399 g/mol. The van der Waals surface area contributed by atoms with Crippen LogP contribution < -0.4 is 15.5 Å². The Bertz CT molecular complexity index is 912. The van der Waals surface area contributed by atoms with E-state index in [0.717, 1.165) is 37.9 Å². The van der Waals surface area contributed by atoms with Crippen molar-refractivity contribution in [2.45, 2.75) is 26.2 Å². The molecule has 8 nitrogen and oxygen atoms in total. The van der Waals surface area contributed by atoms with Crippen molar-refractivity contribution in [2.75, 3.05) is 23.3 Å². The summed E-state index contributed by atoms with van der Waals surface area (Å²) in [5, 5.41) is 17.0. The first-order valence-corrected chi connectivity index (χ1v) is 9.44. The molecule has 1 aliphatic heterocycles. The van der Waals surface area contributed by atoms with Gasteiger partial charge in [-0.05, 0) is 62.2 Å². The van der Waals surface area contributed by atoms with E-state index in [1.54, 1.807) is 24.4 Å². The number of hydrogen-bond donors (Lipinski definition) is 2. The van der Waals surface area contributed by atoms with Crippen LogP contribution in [0.15, 0.2) is 36.5 Å². The number of hydrogen-bond acceptors (Lipinski definition) is 6. The third-order valence-corrected chi connectivity index (χ3v) is 4.80. The third-order valence-electron chi connectivity index (χ3n) is 4.60. The summed E-state index contributed by atoms with van der Waals surface area (Å²) in [6.07, 6.45) is 4.76. The van der Waals surface area contributed by atoms with Crippen molar-refractivity contribution in [2.24, 2.45) is 0 Å². The topological polar surface area (TPSA) is 100 Å². The lowest BCUT2D eigenvalue weighted by Gasteiger charge is -2.28. The van der Waals surface area contributed by atoms with E-state index in [0.29, 0.717) is 11.5 Å². The van der Waals surface area contributed by atoms with Crippen LogP contribution in [0.2, 0.25) is 0 Å². The fourth-order valence-corrected chi connectivity index (χ4v) is 3.33. The first-order chi connectivity index (χ1) is 13.5. The molecule has 1 saturated heterocycles. The number of rotatable bonds is 4.